The Morgan fingerprint density at radius 2 is 1.78 bits per heavy atom. The Morgan fingerprint density at radius 1 is 1.04 bits per heavy atom. The molecule has 3 rings (SSSR count). The molecule has 3 heteroatoms. The number of aromatic nitrogens is 2. The van der Waals surface area contributed by atoms with Gasteiger partial charge in [0.1, 0.15) is 5.82 Å². The van der Waals surface area contributed by atoms with Crippen molar-refractivity contribution in [2.24, 2.45) is 0 Å². The van der Waals surface area contributed by atoms with Crippen molar-refractivity contribution in [3.05, 3.63) is 65.1 Å². The number of terminal acetylenes is 1. The van der Waals surface area contributed by atoms with Gasteiger partial charge >= 0.3 is 0 Å². The van der Waals surface area contributed by atoms with E-state index >= 15 is 0 Å². The van der Waals surface area contributed by atoms with Crippen molar-refractivity contribution in [2.75, 3.05) is 0 Å². The molecule has 112 valence electrons. The van der Waals surface area contributed by atoms with Crippen LogP contribution >= 0.6 is 0 Å². The predicted octanol–water partition coefficient (Wildman–Crippen LogP) is 4.70. The summed E-state index contributed by atoms with van der Waals surface area (Å²) in [4.78, 5) is 9.43. The Labute approximate surface area is 134 Å². The van der Waals surface area contributed by atoms with E-state index in [-0.39, 0.29) is 5.82 Å². The van der Waals surface area contributed by atoms with Gasteiger partial charge in [0.25, 0.3) is 0 Å². The summed E-state index contributed by atoms with van der Waals surface area (Å²) in [6, 6.07) is 10.2. The van der Waals surface area contributed by atoms with Gasteiger partial charge in [-0.05, 0) is 61.9 Å². The molecule has 0 fully saturated rings. The van der Waals surface area contributed by atoms with Crippen LogP contribution in [0.2, 0.25) is 0 Å². The van der Waals surface area contributed by atoms with Gasteiger partial charge < -0.3 is 0 Å². The molecule has 1 heterocycles. The van der Waals surface area contributed by atoms with Crippen molar-refractivity contribution in [3.8, 4) is 23.6 Å². The first kappa shape index (κ1) is 14.9. The summed E-state index contributed by atoms with van der Waals surface area (Å²) in [6.45, 7) is 3.91. The van der Waals surface area contributed by atoms with Crippen LogP contribution < -0.4 is 0 Å². The van der Waals surface area contributed by atoms with Gasteiger partial charge in [0.15, 0.2) is 0 Å². The van der Waals surface area contributed by atoms with E-state index in [1.807, 2.05) is 32.1 Å². The number of fused-ring (bicyclic) bond motifs is 1. The minimum atomic E-state index is -0.270. The molecular weight excluding hydrogens is 287 g/mol. The second kappa shape index (κ2) is 6.02. The summed E-state index contributed by atoms with van der Waals surface area (Å²) in [5.41, 5.74) is 6.03. The quantitative estimate of drug-likeness (QED) is 0.641. The number of hydrogen-bond donors (Lipinski definition) is 0. The van der Waals surface area contributed by atoms with Gasteiger partial charge in [0, 0.05) is 11.1 Å². The Bertz CT molecular complexity index is 948. The summed E-state index contributed by atoms with van der Waals surface area (Å²) < 4.78 is 13.1. The third-order valence-electron chi connectivity index (χ3n) is 3.73. The van der Waals surface area contributed by atoms with E-state index in [0.717, 1.165) is 39.1 Å². The highest BCUT2D eigenvalue weighted by molar-refractivity contribution is 5.88. The van der Waals surface area contributed by atoms with E-state index in [9.17, 15) is 4.39 Å². The van der Waals surface area contributed by atoms with Crippen LogP contribution in [0.1, 0.15) is 16.8 Å². The molecule has 0 bridgehead atoms. The van der Waals surface area contributed by atoms with E-state index in [4.69, 9.17) is 11.4 Å². The summed E-state index contributed by atoms with van der Waals surface area (Å²) in [5, 5.41) is 0. The molecule has 1 aromatic heterocycles. The molecule has 2 nitrogen and oxygen atoms in total. The van der Waals surface area contributed by atoms with Gasteiger partial charge in [0.05, 0.1) is 22.4 Å². The standard InChI is InChI=1S/C20H15FN2/c1-4-5-6-17-13(2)7-12-18-20(17)23-19(14(3)22-18)15-8-10-16(21)11-9-15/h1,5-12H,2-3H3/b6-5-. The van der Waals surface area contributed by atoms with Crippen LogP contribution in [0.5, 0.6) is 0 Å². The molecule has 23 heavy (non-hydrogen) atoms. The number of halogens is 1. The van der Waals surface area contributed by atoms with Crippen molar-refractivity contribution >= 4 is 17.1 Å². The maximum atomic E-state index is 13.1. The highest BCUT2D eigenvalue weighted by Crippen LogP contribution is 2.27. The summed E-state index contributed by atoms with van der Waals surface area (Å²) >= 11 is 0. The first-order valence-electron chi connectivity index (χ1n) is 7.26. The van der Waals surface area contributed by atoms with Gasteiger partial charge in [-0.25, -0.2) is 14.4 Å². The van der Waals surface area contributed by atoms with Gasteiger partial charge in [-0.15, -0.1) is 6.42 Å². The van der Waals surface area contributed by atoms with Crippen LogP contribution in [0, 0.1) is 32.0 Å². The minimum Gasteiger partial charge on any atom is -0.249 e. The molecule has 2 aromatic carbocycles. The van der Waals surface area contributed by atoms with E-state index < -0.39 is 0 Å². The molecule has 0 radical (unpaired) electrons. The molecule has 0 N–H and O–H groups in total. The predicted molar refractivity (Wildman–Crippen MR) is 92.3 cm³/mol. The van der Waals surface area contributed by atoms with Gasteiger partial charge in [-0.2, -0.15) is 0 Å². The van der Waals surface area contributed by atoms with Gasteiger partial charge in [-0.1, -0.05) is 12.0 Å². The molecular formula is C20H15FN2. The van der Waals surface area contributed by atoms with Crippen LogP contribution in [0.15, 0.2) is 42.5 Å². The van der Waals surface area contributed by atoms with Crippen molar-refractivity contribution in [1.82, 2.24) is 9.97 Å². The monoisotopic (exact) mass is 302 g/mol. The second-order valence-electron chi connectivity index (χ2n) is 5.33. The number of benzene rings is 2. The highest BCUT2D eigenvalue weighted by atomic mass is 19.1. The number of allylic oxidation sites excluding steroid dienone is 1. The topological polar surface area (TPSA) is 25.8 Å². The zero-order chi connectivity index (χ0) is 16.4. The number of hydrogen-bond acceptors (Lipinski definition) is 2. The highest BCUT2D eigenvalue weighted by Gasteiger charge is 2.11. The van der Waals surface area contributed by atoms with Crippen molar-refractivity contribution in [3.63, 3.8) is 0 Å². The lowest BCUT2D eigenvalue weighted by molar-refractivity contribution is 0.628. The average Bonchev–Trinajstić information content (AvgIpc) is 2.55. The maximum Gasteiger partial charge on any atom is 0.123 e. The maximum absolute atomic E-state index is 13.1. The normalized spacial score (nSPS) is 11.0. The molecule has 0 atom stereocenters. The van der Waals surface area contributed by atoms with Crippen LogP contribution in [0.3, 0.4) is 0 Å². The molecule has 0 unspecified atom stereocenters. The summed E-state index contributed by atoms with van der Waals surface area (Å²) in [6.07, 6.45) is 8.85. The number of nitrogens with zero attached hydrogens (tertiary/aromatic N) is 2. The largest absolute Gasteiger partial charge is 0.249 e. The third kappa shape index (κ3) is 2.84. The van der Waals surface area contributed by atoms with E-state index in [1.54, 1.807) is 18.2 Å². The zero-order valence-corrected chi connectivity index (χ0v) is 13.0. The Hall–Kier alpha value is -2.99. The Morgan fingerprint density at radius 3 is 2.48 bits per heavy atom. The van der Waals surface area contributed by atoms with Gasteiger partial charge in [0.2, 0.25) is 0 Å². The lowest BCUT2D eigenvalue weighted by atomic mass is 10.0. The van der Waals surface area contributed by atoms with E-state index in [1.165, 1.54) is 12.1 Å². The Kier molecular flexibility index (Phi) is 3.91. The fraction of sp³-hybridized carbons (Fsp3) is 0.100. The molecule has 0 saturated carbocycles. The van der Waals surface area contributed by atoms with Crippen LogP contribution in [0.4, 0.5) is 4.39 Å². The van der Waals surface area contributed by atoms with Gasteiger partial charge in [-0.3, -0.25) is 0 Å². The summed E-state index contributed by atoms with van der Waals surface area (Å²) in [5.74, 6) is 2.23. The first-order valence-corrected chi connectivity index (χ1v) is 7.26. The van der Waals surface area contributed by atoms with Crippen molar-refractivity contribution in [1.29, 1.82) is 0 Å². The number of aryl methyl sites for hydroxylation is 2. The number of rotatable bonds is 2. The average molecular weight is 302 g/mol. The summed E-state index contributed by atoms with van der Waals surface area (Å²) in [7, 11) is 0. The van der Waals surface area contributed by atoms with Crippen LogP contribution in [-0.2, 0) is 0 Å². The lowest BCUT2D eigenvalue weighted by Gasteiger charge is -2.10. The molecule has 0 aliphatic rings. The first-order chi connectivity index (χ1) is 11.1. The lowest BCUT2D eigenvalue weighted by Crippen LogP contribution is -1.97. The van der Waals surface area contributed by atoms with Crippen molar-refractivity contribution < 1.29 is 4.39 Å². The second-order valence-corrected chi connectivity index (χ2v) is 5.33. The Balaban J connectivity index is 2.28. The molecule has 0 aliphatic heterocycles. The van der Waals surface area contributed by atoms with Crippen molar-refractivity contribution in [2.45, 2.75) is 13.8 Å². The fourth-order valence-electron chi connectivity index (χ4n) is 2.55. The van der Waals surface area contributed by atoms with E-state index in [0.29, 0.717) is 0 Å². The SMILES string of the molecule is C#C/C=C\c1c(C)ccc2nc(C)c(-c3ccc(F)cc3)nc12. The van der Waals surface area contributed by atoms with Crippen LogP contribution in [0.25, 0.3) is 28.4 Å². The molecule has 3 aromatic rings. The zero-order valence-electron chi connectivity index (χ0n) is 13.0. The fourth-order valence-corrected chi connectivity index (χ4v) is 2.55. The van der Waals surface area contributed by atoms with Crippen LogP contribution in [-0.4, -0.2) is 9.97 Å². The molecule has 0 amide bonds. The molecule has 0 aliphatic carbocycles. The minimum absolute atomic E-state index is 0.270. The molecule has 0 spiro atoms. The van der Waals surface area contributed by atoms with E-state index in [2.05, 4.69) is 10.9 Å². The smallest absolute Gasteiger partial charge is 0.123 e. The third-order valence-corrected chi connectivity index (χ3v) is 3.73. The molecule has 0 saturated heterocycles.